The maximum absolute atomic E-state index is 12.1. The Kier molecular flexibility index (Phi) is 5.25. The number of carbonyl (C=O) groups is 2. The fourth-order valence-electron chi connectivity index (χ4n) is 2.26. The summed E-state index contributed by atoms with van der Waals surface area (Å²) in [6.45, 7) is 6.85. The van der Waals surface area contributed by atoms with E-state index in [1.54, 1.807) is 12.1 Å². The lowest BCUT2D eigenvalue weighted by Crippen LogP contribution is -2.36. The van der Waals surface area contributed by atoms with E-state index in [-0.39, 0.29) is 31.0 Å². The van der Waals surface area contributed by atoms with E-state index in [0.29, 0.717) is 12.4 Å². The molecule has 0 spiro atoms. The summed E-state index contributed by atoms with van der Waals surface area (Å²) < 4.78 is 10.9. The van der Waals surface area contributed by atoms with E-state index in [0.717, 1.165) is 5.75 Å². The first-order valence-corrected chi connectivity index (χ1v) is 7.50. The van der Waals surface area contributed by atoms with Crippen LogP contribution in [0.25, 0.3) is 0 Å². The Bertz CT molecular complexity index is 527. The minimum absolute atomic E-state index is 0.0773. The molecule has 1 aliphatic heterocycles. The van der Waals surface area contributed by atoms with Crippen LogP contribution in [0.15, 0.2) is 24.3 Å². The molecule has 0 bridgehead atoms. The quantitative estimate of drug-likeness (QED) is 0.783. The maximum atomic E-state index is 12.1. The van der Waals surface area contributed by atoms with Gasteiger partial charge in [0.15, 0.2) is 0 Å². The number of nitrogens with one attached hydrogen (secondary N) is 1. The van der Waals surface area contributed by atoms with Crippen molar-refractivity contribution in [3.8, 4) is 11.5 Å². The molecule has 0 saturated carbocycles. The molecule has 1 aliphatic rings. The molecule has 1 unspecified atom stereocenters. The van der Waals surface area contributed by atoms with Gasteiger partial charge in [0.25, 0.3) is 5.91 Å². The number of carbonyl (C=O) groups excluding carboxylic acids is 2. The average Bonchev–Trinajstić information content (AvgIpc) is 2.77. The Morgan fingerprint density at radius 3 is 2.23 bits per heavy atom. The standard InChI is InChI=1S/C16H22N2O4/c1-4-21-12-5-7-13(8-6-12)22-10-9-18-15(19)14(11(2)3)17-16(18)20/h5-8,11,14H,4,9-10H2,1-3H3,(H,17,20). The lowest BCUT2D eigenvalue weighted by atomic mass is 10.1. The Hall–Kier alpha value is -2.24. The monoisotopic (exact) mass is 306 g/mol. The summed E-state index contributed by atoms with van der Waals surface area (Å²) in [5, 5.41) is 2.69. The van der Waals surface area contributed by atoms with Gasteiger partial charge in [-0.2, -0.15) is 0 Å². The van der Waals surface area contributed by atoms with E-state index < -0.39 is 6.04 Å². The van der Waals surface area contributed by atoms with Crippen molar-refractivity contribution in [2.75, 3.05) is 19.8 Å². The molecule has 6 heteroatoms. The third kappa shape index (κ3) is 3.69. The zero-order valence-corrected chi connectivity index (χ0v) is 13.2. The molecule has 0 aliphatic carbocycles. The van der Waals surface area contributed by atoms with Gasteiger partial charge in [-0.15, -0.1) is 0 Å². The SMILES string of the molecule is CCOc1ccc(OCCN2C(=O)NC(C(C)C)C2=O)cc1. The normalized spacial score (nSPS) is 17.8. The van der Waals surface area contributed by atoms with Crippen molar-refractivity contribution in [1.29, 1.82) is 0 Å². The van der Waals surface area contributed by atoms with Gasteiger partial charge in [-0.3, -0.25) is 9.69 Å². The maximum Gasteiger partial charge on any atom is 0.324 e. The average molecular weight is 306 g/mol. The van der Waals surface area contributed by atoms with Gasteiger partial charge in [0, 0.05) is 0 Å². The smallest absolute Gasteiger partial charge is 0.324 e. The van der Waals surface area contributed by atoms with Crippen molar-refractivity contribution >= 4 is 11.9 Å². The van der Waals surface area contributed by atoms with E-state index in [1.807, 2.05) is 32.9 Å². The number of imide groups is 1. The highest BCUT2D eigenvalue weighted by Gasteiger charge is 2.39. The highest BCUT2D eigenvalue weighted by Crippen LogP contribution is 2.18. The Morgan fingerprint density at radius 1 is 1.14 bits per heavy atom. The molecule has 1 aromatic rings. The lowest BCUT2D eigenvalue weighted by molar-refractivity contribution is -0.128. The lowest BCUT2D eigenvalue weighted by Gasteiger charge is -2.15. The first-order chi connectivity index (χ1) is 10.5. The van der Waals surface area contributed by atoms with Gasteiger partial charge in [-0.1, -0.05) is 13.8 Å². The fourth-order valence-corrected chi connectivity index (χ4v) is 2.26. The summed E-state index contributed by atoms with van der Waals surface area (Å²) in [5.41, 5.74) is 0. The van der Waals surface area contributed by atoms with Gasteiger partial charge in [0.1, 0.15) is 24.1 Å². The van der Waals surface area contributed by atoms with Gasteiger partial charge >= 0.3 is 6.03 Å². The molecule has 1 fully saturated rings. The second-order valence-electron chi connectivity index (χ2n) is 5.41. The molecule has 0 aromatic heterocycles. The summed E-state index contributed by atoms with van der Waals surface area (Å²) in [7, 11) is 0. The molecule has 6 nitrogen and oxygen atoms in total. The van der Waals surface area contributed by atoms with E-state index in [2.05, 4.69) is 5.32 Å². The van der Waals surface area contributed by atoms with Crippen LogP contribution < -0.4 is 14.8 Å². The topological polar surface area (TPSA) is 67.9 Å². The molecule has 22 heavy (non-hydrogen) atoms. The van der Waals surface area contributed by atoms with Crippen molar-refractivity contribution < 1.29 is 19.1 Å². The van der Waals surface area contributed by atoms with Crippen molar-refractivity contribution in [2.45, 2.75) is 26.8 Å². The third-order valence-corrected chi connectivity index (χ3v) is 3.44. The summed E-state index contributed by atoms with van der Waals surface area (Å²) in [6, 6.07) is 6.46. The summed E-state index contributed by atoms with van der Waals surface area (Å²) >= 11 is 0. The first-order valence-electron chi connectivity index (χ1n) is 7.50. The molecule has 3 amide bonds. The van der Waals surface area contributed by atoms with Crippen molar-refractivity contribution in [1.82, 2.24) is 10.2 Å². The summed E-state index contributed by atoms with van der Waals surface area (Å²) in [5.74, 6) is 1.35. The van der Waals surface area contributed by atoms with Gasteiger partial charge in [-0.25, -0.2) is 4.79 Å². The predicted molar refractivity (Wildman–Crippen MR) is 82.0 cm³/mol. The number of urea groups is 1. The van der Waals surface area contributed by atoms with Gasteiger partial charge in [0.05, 0.1) is 13.2 Å². The number of benzene rings is 1. The number of ether oxygens (including phenoxy) is 2. The first kappa shape index (κ1) is 16.1. The molecule has 1 saturated heterocycles. The third-order valence-electron chi connectivity index (χ3n) is 3.44. The predicted octanol–water partition coefficient (Wildman–Crippen LogP) is 2.04. The highest BCUT2D eigenvalue weighted by atomic mass is 16.5. The fraction of sp³-hybridized carbons (Fsp3) is 0.500. The van der Waals surface area contributed by atoms with Crippen LogP contribution in [0.5, 0.6) is 11.5 Å². The van der Waals surface area contributed by atoms with Crippen LogP contribution in [0.1, 0.15) is 20.8 Å². The van der Waals surface area contributed by atoms with Crippen molar-refractivity contribution in [2.24, 2.45) is 5.92 Å². The minimum Gasteiger partial charge on any atom is -0.494 e. The molecule has 0 radical (unpaired) electrons. The molecule has 120 valence electrons. The van der Waals surface area contributed by atoms with Crippen LogP contribution in [0, 0.1) is 5.92 Å². The van der Waals surface area contributed by atoms with E-state index >= 15 is 0 Å². The van der Waals surface area contributed by atoms with Gasteiger partial charge in [0.2, 0.25) is 0 Å². The largest absolute Gasteiger partial charge is 0.494 e. The van der Waals surface area contributed by atoms with Crippen LogP contribution in [0.4, 0.5) is 4.79 Å². The zero-order valence-electron chi connectivity index (χ0n) is 13.2. The number of nitrogens with zero attached hydrogens (tertiary/aromatic N) is 1. The van der Waals surface area contributed by atoms with Crippen LogP contribution in [-0.4, -0.2) is 42.6 Å². The highest BCUT2D eigenvalue weighted by molar-refractivity contribution is 6.04. The molecule has 1 aromatic carbocycles. The van der Waals surface area contributed by atoms with Crippen LogP contribution in [-0.2, 0) is 4.79 Å². The molecular weight excluding hydrogens is 284 g/mol. The van der Waals surface area contributed by atoms with Crippen molar-refractivity contribution in [3.05, 3.63) is 24.3 Å². The molecule has 1 heterocycles. The van der Waals surface area contributed by atoms with Gasteiger partial charge < -0.3 is 14.8 Å². The van der Waals surface area contributed by atoms with E-state index in [9.17, 15) is 9.59 Å². The Balaban J connectivity index is 1.83. The number of amides is 3. The molecular formula is C16H22N2O4. The zero-order chi connectivity index (χ0) is 16.1. The number of rotatable bonds is 7. The van der Waals surface area contributed by atoms with E-state index in [4.69, 9.17) is 9.47 Å². The van der Waals surface area contributed by atoms with E-state index in [1.165, 1.54) is 4.90 Å². The minimum atomic E-state index is -0.432. The number of hydrogen-bond acceptors (Lipinski definition) is 4. The van der Waals surface area contributed by atoms with Gasteiger partial charge in [-0.05, 0) is 37.1 Å². The summed E-state index contributed by atoms with van der Waals surface area (Å²) in [6.07, 6.45) is 0. The Morgan fingerprint density at radius 2 is 1.73 bits per heavy atom. The summed E-state index contributed by atoms with van der Waals surface area (Å²) in [4.78, 5) is 25.1. The molecule has 2 rings (SSSR count). The Labute approximate surface area is 130 Å². The van der Waals surface area contributed by atoms with Crippen LogP contribution in [0.2, 0.25) is 0 Å². The second-order valence-corrected chi connectivity index (χ2v) is 5.41. The van der Waals surface area contributed by atoms with Crippen LogP contribution >= 0.6 is 0 Å². The van der Waals surface area contributed by atoms with Crippen LogP contribution in [0.3, 0.4) is 0 Å². The molecule has 1 N–H and O–H groups in total. The molecule has 1 atom stereocenters. The number of hydrogen-bond donors (Lipinski definition) is 1. The second kappa shape index (κ2) is 7.15. The van der Waals surface area contributed by atoms with Crippen molar-refractivity contribution in [3.63, 3.8) is 0 Å².